The number of anilines is 2. The number of hydrogen-bond acceptors (Lipinski definition) is 4. The van der Waals surface area contributed by atoms with Crippen molar-refractivity contribution in [3.05, 3.63) is 40.9 Å². The summed E-state index contributed by atoms with van der Waals surface area (Å²) in [5.74, 6) is -0.837. The van der Waals surface area contributed by atoms with Gasteiger partial charge < -0.3 is 10.0 Å². The second kappa shape index (κ2) is 5.01. The Morgan fingerprint density at radius 1 is 1.42 bits per heavy atom. The fourth-order valence-corrected chi connectivity index (χ4v) is 3.25. The predicted molar refractivity (Wildman–Crippen MR) is 75.2 cm³/mol. The van der Waals surface area contributed by atoms with Crippen LogP contribution in [0.25, 0.3) is 0 Å². The lowest BCUT2D eigenvalue weighted by atomic mass is 10.0. The molecule has 1 N–H and O–H groups in total. The van der Waals surface area contributed by atoms with Crippen LogP contribution in [-0.2, 0) is 17.6 Å². The SMILES string of the molecule is O=C(O)Cc1csc(N2CCCc3ccccc32)n1. The van der Waals surface area contributed by atoms with Crippen molar-refractivity contribution >= 4 is 28.1 Å². The molecular formula is C14H14N2O2S. The van der Waals surface area contributed by atoms with Gasteiger partial charge >= 0.3 is 5.97 Å². The summed E-state index contributed by atoms with van der Waals surface area (Å²) < 4.78 is 0. The molecule has 4 nitrogen and oxygen atoms in total. The normalized spacial score (nSPS) is 14.2. The van der Waals surface area contributed by atoms with Crippen LogP contribution in [0.15, 0.2) is 29.6 Å². The molecule has 1 aliphatic rings. The van der Waals surface area contributed by atoms with Crippen molar-refractivity contribution in [2.75, 3.05) is 11.4 Å². The van der Waals surface area contributed by atoms with E-state index >= 15 is 0 Å². The van der Waals surface area contributed by atoms with Gasteiger partial charge in [-0.3, -0.25) is 4.79 Å². The Hall–Kier alpha value is -1.88. The topological polar surface area (TPSA) is 53.4 Å². The van der Waals surface area contributed by atoms with Gasteiger partial charge in [0.25, 0.3) is 0 Å². The molecular weight excluding hydrogens is 260 g/mol. The quantitative estimate of drug-likeness (QED) is 0.935. The first-order valence-corrected chi connectivity index (χ1v) is 7.13. The molecule has 0 bridgehead atoms. The van der Waals surface area contributed by atoms with E-state index in [1.165, 1.54) is 22.6 Å². The van der Waals surface area contributed by atoms with E-state index in [0.717, 1.165) is 24.5 Å². The van der Waals surface area contributed by atoms with E-state index in [1.807, 2.05) is 11.4 Å². The fourth-order valence-electron chi connectivity index (χ4n) is 2.39. The van der Waals surface area contributed by atoms with Gasteiger partial charge in [-0.2, -0.15) is 0 Å². The fraction of sp³-hybridized carbons (Fsp3) is 0.286. The number of hydrogen-bond donors (Lipinski definition) is 1. The highest BCUT2D eigenvalue weighted by Gasteiger charge is 2.20. The van der Waals surface area contributed by atoms with Crippen LogP contribution in [0.4, 0.5) is 10.8 Å². The summed E-state index contributed by atoms with van der Waals surface area (Å²) in [5.41, 5.74) is 3.17. The van der Waals surface area contributed by atoms with Crippen LogP contribution in [0.3, 0.4) is 0 Å². The van der Waals surface area contributed by atoms with E-state index < -0.39 is 5.97 Å². The lowest BCUT2D eigenvalue weighted by Crippen LogP contribution is -2.24. The van der Waals surface area contributed by atoms with Crippen molar-refractivity contribution in [3.8, 4) is 0 Å². The first-order valence-electron chi connectivity index (χ1n) is 6.25. The monoisotopic (exact) mass is 274 g/mol. The van der Waals surface area contributed by atoms with Gasteiger partial charge in [-0.1, -0.05) is 18.2 Å². The number of nitrogens with zero attached hydrogens (tertiary/aromatic N) is 2. The van der Waals surface area contributed by atoms with Crippen molar-refractivity contribution in [3.63, 3.8) is 0 Å². The summed E-state index contributed by atoms with van der Waals surface area (Å²) in [4.78, 5) is 17.3. The number of aliphatic carboxylic acids is 1. The van der Waals surface area contributed by atoms with Crippen molar-refractivity contribution in [2.24, 2.45) is 0 Å². The maximum Gasteiger partial charge on any atom is 0.309 e. The number of thiazole rings is 1. The molecule has 3 rings (SSSR count). The summed E-state index contributed by atoms with van der Waals surface area (Å²) in [6.07, 6.45) is 2.19. The van der Waals surface area contributed by atoms with Gasteiger partial charge in [0, 0.05) is 17.6 Å². The molecule has 0 unspecified atom stereocenters. The molecule has 1 aromatic heterocycles. The number of aryl methyl sites for hydroxylation is 1. The minimum absolute atomic E-state index is 0.00795. The maximum absolute atomic E-state index is 10.7. The van der Waals surface area contributed by atoms with Crippen LogP contribution < -0.4 is 4.90 Å². The molecule has 19 heavy (non-hydrogen) atoms. The minimum atomic E-state index is -0.837. The van der Waals surface area contributed by atoms with Gasteiger partial charge in [0.05, 0.1) is 12.1 Å². The Bertz CT molecular complexity index is 609. The van der Waals surface area contributed by atoms with Gasteiger partial charge in [-0.05, 0) is 24.5 Å². The third kappa shape index (κ3) is 2.46. The van der Waals surface area contributed by atoms with Crippen molar-refractivity contribution in [1.82, 2.24) is 4.98 Å². The number of aromatic nitrogens is 1. The Labute approximate surface area is 115 Å². The molecule has 0 spiro atoms. The minimum Gasteiger partial charge on any atom is -0.481 e. The van der Waals surface area contributed by atoms with Crippen molar-refractivity contribution in [1.29, 1.82) is 0 Å². The lowest BCUT2D eigenvalue weighted by Gasteiger charge is -2.28. The number of para-hydroxylation sites is 1. The Kier molecular flexibility index (Phi) is 3.21. The van der Waals surface area contributed by atoms with E-state index in [1.54, 1.807) is 0 Å². The molecule has 0 atom stereocenters. The highest BCUT2D eigenvalue weighted by molar-refractivity contribution is 7.13. The van der Waals surface area contributed by atoms with Crippen LogP contribution in [0.1, 0.15) is 17.7 Å². The molecule has 0 radical (unpaired) electrons. The van der Waals surface area contributed by atoms with Gasteiger partial charge in [0.1, 0.15) is 0 Å². The third-order valence-corrected chi connectivity index (χ3v) is 4.13. The van der Waals surface area contributed by atoms with Crippen molar-refractivity contribution < 1.29 is 9.90 Å². The Balaban J connectivity index is 1.91. The lowest BCUT2D eigenvalue weighted by molar-refractivity contribution is -0.136. The molecule has 1 aliphatic heterocycles. The molecule has 0 saturated heterocycles. The number of carbonyl (C=O) groups is 1. The Morgan fingerprint density at radius 3 is 3.11 bits per heavy atom. The summed E-state index contributed by atoms with van der Waals surface area (Å²) in [6, 6.07) is 8.34. The average Bonchev–Trinajstić information content (AvgIpc) is 2.85. The van der Waals surface area contributed by atoms with Crippen LogP contribution in [0.2, 0.25) is 0 Å². The second-order valence-electron chi connectivity index (χ2n) is 4.58. The van der Waals surface area contributed by atoms with Crippen LogP contribution in [0.5, 0.6) is 0 Å². The highest BCUT2D eigenvalue weighted by Crippen LogP contribution is 2.34. The zero-order valence-corrected chi connectivity index (χ0v) is 11.2. The molecule has 1 aromatic carbocycles. The average molecular weight is 274 g/mol. The van der Waals surface area contributed by atoms with E-state index in [-0.39, 0.29) is 6.42 Å². The van der Waals surface area contributed by atoms with E-state index in [2.05, 4.69) is 28.1 Å². The smallest absolute Gasteiger partial charge is 0.309 e. The summed E-state index contributed by atoms with van der Waals surface area (Å²) in [5, 5.41) is 11.5. The van der Waals surface area contributed by atoms with Crippen LogP contribution in [0, 0.1) is 0 Å². The molecule has 5 heteroatoms. The van der Waals surface area contributed by atoms with Crippen LogP contribution >= 0.6 is 11.3 Å². The number of fused-ring (bicyclic) bond motifs is 1. The van der Waals surface area contributed by atoms with Crippen LogP contribution in [-0.4, -0.2) is 22.6 Å². The third-order valence-electron chi connectivity index (χ3n) is 3.21. The molecule has 0 aliphatic carbocycles. The maximum atomic E-state index is 10.7. The first kappa shape index (κ1) is 12.2. The van der Waals surface area contributed by atoms with Gasteiger partial charge in [-0.25, -0.2) is 4.98 Å². The molecule has 0 saturated carbocycles. The summed E-state index contributed by atoms with van der Waals surface area (Å²) in [7, 11) is 0. The van der Waals surface area contributed by atoms with E-state index in [4.69, 9.17) is 5.11 Å². The summed E-state index contributed by atoms with van der Waals surface area (Å²) in [6.45, 7) is 0.942. The van der Waals surface area contributed by atoms with Gasteiger partial charge in [0.2, 0.25) is 0 Å². The number of carboxylic acids is 1. The number of rotatable bonds is 3. The number of carboxylic acid groups (broad SMARTS) is 1. The largest absolute Gasteiger partial charge is 0.481 e. The van der Waals surface area contributed by atoms with Crippen molar-refractivity contribution in [2.45, 2.75) is 19.3 Å². The zero-order chi connectivity index (χ0) is 13.2. The Morgan fingerprint density at radius 2 is 2.26 bits per heavy atom. The van der Waals surface area contributed by atoms with E-state index in [0.29, 0.717) is 5.69 Å². The molecule has 2 aromatic rings. The van der Waals surface area contributed by atoms with Gasteiger partial charge in [0.15, 0.2) is 5.13 Å². The molecule has 0 amide bonds. The predicted octanol–water partition coefficient (Wildman–Crippen LogP) is 2.85. The highest BCUT2D eigenvalue weighted by atomic mass is 32.1. The molecule has 2 heterocycles. The first-order chi connectivity index (χ1) is 9.24. The summed E-state index contributed by atoms with van der Waals surface area (Å²) >= 11 is 1.51. The number of benzene rings is 1. The zero-order valence-electron chi connectivity index (χ0n) is 10.4. The molecule has 98 valence electrons. The standard InChI is InChI=1S/C14H14N2O2S/c17-13(18)8-11-9-19-14(15-11)16-7-3-5-10-4-1-2-6-12(10)16/h1-2,4,6,9H,3,5,7-8H2,(H,17,18). The van der Waals surface area contributed by atoms with E-state index in [9.17, 15) is 4.79 Å². The van der Waals surface area contributed by atoms with Gasteiger partial charge in [-0.15, -0.1) is 11.3 Å². The second-order valence-corrected chi connectivity index (χ2v) is 5.41. The molecule has 0 fully saturated rings.